The molecule has 1 aliphatic heterocycles. The van der Waals surface area contributed by atoms with Gasteiger partial charge in [0, 0.05) is 20.1 Å². The Morgan fingerprint density at radius 1 is 1.55 bits per heavy atom. The average molecular weight is 158 g/mol. The third-order valence-corrected chi connectivity index (χ3v) is 1.52. The lowest BCUT2D eigenvalue weighted by atomic mass is 10.5. The predicted molar refractivity (Wildman–Crippen MR) is 43.1 cm³/mol. The molecule has 11 heavy (non-hydrogen) atoms. The largest absolute Gasteiger partial charge is 0.379 e. The van der Waals surface area contributed by atoms with E-state index in [4.69, 9.17) is 10.5 Å². The van der Waals surface area contributed by atoms with Crippen LogP contribution in [0.5, 0.6) is 0 Å². The number of hydrazine groups is 1. The minimum atomic E-state index is 0.451. The molecule has 0 aromatic rings. The van der Waals surface area contributed by atoms with E-state index in [2.05, 4.69) is 10.4 Å². The minimum Gasteiger partial charge on any atom is -0.379 e. The van der Waals surface area contributed by atoms with E-state index >= 15 is 0 Å². The van der Waals surface area contributed by atoms with E-state index in [-0.39, 0.29) is 0 Å². The molecule has 0 spiro atoms. The Labute approximate surface area is 66.2 Å². The van der Waals surface area contributed by atoms with Crippen LogP contribution in [0.1, 0.15) is 0 Å². The van der Waals surface area contributed by atoms with Crippen LogP contribution in [0, 0.1) is 0 Å². The maximum atomic E-state index is 5.46. The van der Waals surface area contributed by atoms with E-state index in [1.165, 1.54) is 0 Å². The van der Waals surface area contributed by atoms with Gasteiger partial charge in [-0.25, -0.2) is 5.01 Å². The SMILES string of the molecule is CN=C(N)NN1CCOCC1. The number of morpholine rings is 1. The molecule has 0 aliphatic carbocycles. The quantitative estimate of drug-likeness (QED) is 0.370. The molecule has 1 rings (SSSR count). The fraction of sp³-hybridized carbons (Fsp3) is 0.833. The van der Waals surface area contributed by atoms with Gasteiger partial charge in [0.05, 0.1) is 13.2 Å². The fourth-order valence-electron chi connectivity index (χ4n) is 0.887. The predicted octanol–water partition coefficient (Wildman–Crippen LogP) is -1.23. The van der Waals surface area contributed by atoms with Gasteiger partial charge in [0.2, 0.25) is 5.96 Å². The lowest BCUT2D eigenvalue weighted by Crippen LogP contribution is -2.50. The zero-order valence-corrected chi connectivity index (χ0v) is 6.71. The Morgan fingerprint density at radius 2 is 2.18 bits per heavy atom. The third kappa shape index (κ3) is 2.73. The first kappa shape index (κ1) is 8.29. The summed E-state index contributed by atoms with van der Waals surface area (Å²) in [7, 11) is 1.66. The molecule has 5 heteroatoms. The molecule has 0 saturated carbocycles. The van der Waals surface area contributed by atoms with Crippen LogP contribution >= 0.6 is 0 Å². The molecule has 5 nitrogen and oxygen atoms in total. The summed E-state index contributed by atoms with van der Waals surface area (Å²) in [6.45, 7) is 3.22. The maximum Gasteiger partial charge on any atom is 0.203 e. The van der Waals surface area contributed by atoms with E-state index in [1.54, 1.807) is 7.05 Å². The number of ether oxygens (including phenoxy) is 1. The number of aliphatic imine (C=N–C) groups is 1. The van der Waals surface area contributed by atoms with Crippen molar-refractivity contribution in [3.8, 4) is 0 Å². The van der Waals surface area contributed by atoms with Crippen molar-refractivity contribution >= 4 is 5.96 Å². The summed E-state index contributed by atoms with van der Waals surface area (Å²) < 4.78 is 5.15. The maximum absolute atomic E-state index is 5.46. The summed E-state index contributed by atoms with van der Waals surface area (Å²) in [5.41, 5.74) is 8.41. The number of hydrogen-bond donors (Lipinski definition) is 2. The molecule has 64 valence electrons. The van der Waals surface area contributed by atoms with Crippen LogP contribution in [-0.4, -0.2) is 44.3 Å². The van der Waals surface area contributed by atoms with Crippen LogP contribution in [0.4, 0.5) is 0 Å². The molecular weight excluding hydrogens is 144 g/mol. The highest BCUT2D eigenvalue weighted by Gasteiger charge is 2.09. The van der Waals surface area contributed by atoms with E-state index in [0.29, 0.717) is 5.96 Å². The second kappa shape index (κ2) is 4.15. The topological polar surface area (TPSA) is 62.9 Å². The van der Waals surface area contributed by atoms with Crippen LogP contribution in [-0.2, 0) is 4.74 Å². The van der Waals surface area contributed by atoms with Gasteiger partial charge in [0.1, 0.15) is 0 Å². The van der Waals surface area contributed by atoms with Crippen molar-refractivity contribution < 1.29 is 4.74 Å². The first-order valence-corrected chi connectivity index (χ1v) is 3.64. The molecule has 0 radical (unpaired) electrons. The van der Waals surface area contributed by atoms with Crippen molar-refractivity contribution in [2.45, 2.75) is 0 Å². The van der Waals surface area contributed by atoms with Gasteiger partial charge in [-0.2, -0.15) is 0 Å². The van der Waals surface area contributed by atoms with Crippen molar-refractivity contribution in [3.05, 3.63) is 0 Å². The van der Waals surface area contributed by atoms with Crippen LogP contribution in [0.3, 0.4) is 0 Å². The Bertz CT molecular complexity index is 142. The van der Waals surface area contributed by atoms with Gasteiger partial charge in [-0.3, -0.25) is 10.4 Å². The summed E-state index contributed by atoms with van der Waals surface area (Å²) in [5.74, 6) is 0.451. The molecule has 0 aromatic heterocycles. The van der Waals surface area contributed by atoms with Crippen molar-refractivity contribution in [3.63, 3.8) is 0 Å². The molecule has 1 aliphatic rings. The average Bonchev–Trinajstić information content (AvgIpc) is 2.06. The molecule has 1 heterocycles. The van der Waals surface area contributed by atoms with Crippen molar-refractivity contribution in [1.82, 2.24) is 10.4 Å². The van der Waals surface area contributed by atoms with Gasteiger partial charge < -0.3 is 10.5 Å². The van der Waals surface area contributed by atoms with Crippen LogP contribution in [0.25, 0.3) is 0 Å². The van der Waals surface area contributed by atoms with E-state index < -0.39 is 0 Å². The monoisotopic (exact) mass is 158 g/mol. The van der Waals surface area contributed by atoms with Crippen LogP contribution in [0.15, 0.2) is 4.99 Å². The minimum absolute atomic E-state index is 0.451. The Kier molecular flexibility index (Phi) is 3.13. The molecule has 0 amide bonds. The first-order valence-electron chi connectivity index (χ1n) is 3.64. The summed E-state index contributed by atoms with van der Waals surface area (Å²) in [6, 6.07) is 0. The first-order chi connectivity index (χ1) is 5.33. The molecule has 3 N–H and O–H groups in total. The zero-order valence-electron chi connectivity index (χ0n) is 6.71. The number of nitrogens with zero attached hydrogens (tertiary/aromatic N) is 2. The second-order valence-electron chi connectivity index (χ2n) is 2.32. The lowest BCUT2D eigenvalue weighted by molar-refractivity contribution is 0.0246. The van der Waals surface area contributed by atoms with Gasteiger partial charge >= 0.3 is 0 Å². The molecule has 1 saturated heterocycles. The molecule has 0 atom stereocenters. The van der Waals surface area contributed by atoms with E-state index in [9.17, 15) is 0 Å². The van der Waals surface area contributed by atoms with E-state index in [1.807, 2.05) is 5.01 Å². The highest BCUT2D eigenvalue weighted by atomic mass is 16.5. The highest BCUT2D eigenvalue weighted by Crippen LogP contribution is 1.90. The lowest BCUT2D eigenvalue weighted by Gasteiger charge is -2.27. The second-order valence-corrected chi connectivity index (χ2v) is 2.32. The molecule has 0 bridgehead atoms. The Balaban J connectivity index is 2.24. The van der Waals surface area contributed by atoms with Gasteiger partial charge in [-0.15, -0.1) is 0 Å². The Hall–Kier alpha value is -0.810. The van der Waals surface area contributed by atoms with Crippen molar-refractivity contribution in [2.75, 3.05) is 33.4 Å². The van der Waals surface area contributed by atoms with E-state index in [0.717, 1.165) is 26.3 Å². The fourth-order valence-corrected chi connectivity index (χ4v) is 0.887. The summed E-state index contributed by atoms with van der Waals surface area (Å²) >= 11 is 0. The number of rotatable bonds is 1. The summed E-state index contributed by atoms with van der Waals surface area (Å²) in [6.07, 6.45) is 0. The van der Waals surface area contributed by atoms with Crippen molar-refractivity contribution in [1.29, 1.82) is 0 Å². The molecule has 0 unspecified atom stereocenters. The molecular formula is C6H14N4O. The standard InChI is InChI=1S/C6H14N4O/c1-8-6(7)9-10-2-4-11-5-3-10/h2-5H2,1H3,(H3,7,8,9). The number of nitrogens with one attached hydrogen (secondary N) is 1. The Morgan fingerprint density at radius 3 is 2.73 bits per heavy atom. The third-order valence-electron chi connectivity index (χ3n) is 1.52. The van der Waals surface area contributed by atoms with Gasteiger partial charge in [-0.05, 0) is 0 Å². The summed E-state index contributed by atoms with van der Waals surface area (Å²) in [4.78, 5) is 3.78. The number of guanidine groups is 1. The van der Waals surface area contributed by atoms with Gasteiger partial charge in [0.25, 0.3) is 0 Å². The smallest absolute Gasteiger partial charge is 0.203 e. The van der Waals surface area contributed by atoms with Crippen LogP contribution < -0.4 is 11.2 Å². The summed E-state index contributed by atoms with van der Waals surface area (Å²) in [5, 5.41) is 1.99. The number of nitrogens with two attached hydrogens (primary N) is 1. The molecule has 1 fully saturated rings. The van der Waals surface area contributed by atoms with Crippen LogP contribution in [0.2, 0.25) is 0 Å². The van der Waals surface area contributed by atoms with Crippen molar-refractivity contribution in [2.24, 2.45) is 10.7 Å². The zero-order chi connectivity index (χ0) is 8.10. The highest BCUT2D eigenvalue weighted by molar-refractivity contribution is 5.77. The number of hydrogen-bond acceptors (Lipinski definition) is 3. The normalized spacial score (nSPS) is 21.7. The van der Waals surface area contributed by atoms with Gasteiger partial charge in [0.15, 0.2) is 0 Å². The van der Waals surface area contributed by atoms with Gasteiger partial charge in [-0.1, -0.05) is 0 Å². The molecule has 0 aromatic carbocycles.